The number of ether oxygens (including phenoxy) is 1. The van der Waals surface area contributed by atoms with Crippen LogP contribution in [0.1, 0.15) is 46.5 Å². The maximum Gasteiger partial charge on any atom is 0.573 e. The number of hydrogen-bond donors (Lipinski definition) is 2. The average Bonchev–Trinajstić information content (AvgIpc) is 3.62. The molecule has 1 spiro atoms. The number of anilines is 1. The van der Waals surface area contributed by atoms with E-state index in [4.69, 9.17) is 0 Å². The second kappa shape index (κ2) is 10.3. The molecule has 1 aromatic carbocycles. The number of aliphatic hydroxyl groups excluding tert-OH is 1. The summed E-state index contributed by atoms with van der Waals surface area (Å²) in [4.78, 5) is 43.8. The van der Waals surface area contributed by atoms with Crippen LogP contribution in [0.5, 0.6) is 5.75 Å². The van der Waals surface area contributed by atoms with Gasteiger partial charge in [-0.1, -0.05) is 13.8 Å². The summed E-state index contributed by atoms with van der Waals surface area (Å²) in [6.45, 7) is 7.24. The molecule has 3 aliphatic rings. The summed E-state index contributed by atoms with van der Waals surface area (Å²) < 4.78 is 40.8. The fourth-order valence-corrected chi connectivity index (χ4v) is 5.26. The van der Waals surface area contributed by atoms with Gasteiger partial charge in [-0.05, 0) is 62.3 Å². The first-order valence-corrected chi connectivity index (χ1v) is 12.9. The lowest BCUT2D eigenvalue weighted by Crippen LogP contribution is -2.59. The molecule has 38 heavy (non-hydrogen) atoms. The van der Waals surface area contributed by atoms with Crippen molar-refractivity contribution in [2.24, 2.45) is 10.8 Å². The Morgan fingerprint density at radius 2 is 1.76 bits per heavy atom. The van der Waals surface area contributed by atoms with Gasteiger partial charge in [0.05, 0.1) is 6.10 Å². The van der Waals surface area contributed by atoms with Gasteiger partial charge >= 0.3 is 12.4 Å². The van der Waals surface area contributed by atoms with Crippen LogP contribution in [0.2, 0.25) is 0 Å². The number of carbonyl (C=O) groups is 3. The van der Waals surface area contributed by atoms with Gasteiger partial charge in [0.2, 0.25) is 11.8 Å². The number of benzene rings is 1. The highest BCUT2D eigenvalue weighted by Gasteiger charge is 2.52. The summed E-state index contributed by atoms with van der Waals surface area (Å²) in [7, 11) is 0. The minimum absolute atomic E-state index is 0.0143. The van der Waals surface area contributed by atoms with Crippen molar-refractivity contribution < 1.29 is 37.4 Å². The van der Waals surface area contributed by atoms with Crippen LogP contribution < -0.4 is 10.1 Å². The molecule has 4 amide bonds. The summed E-state index contributed by atoms with van der Waals surface area (Å²) in [6, 6.07) is 3.46. The number of urea groups is 1. The molecule has 210 valence electrons. The highest BCUT2D eigenvalue weighted by atomic mass is 19.4. The highest BCUT2D eigenvalue weighted by molar-refractivity contribution is 5.94. The largest absolute Gasteiger partial charge is 0.573 e. The van der Waals surface area contributed by atoms with Crippen molar-refractivity contribution >= 4 is 23.5 Å². The summed E-state index contributed by atoms with van der Waals surface area (Å²) in [6.07, 6.45) is -1.98. The first kappa shape index (κ1) is 28.0. The van der Waals surface area contributed by atoms with E-state index in [9.17, 15) is 32.7 Å². The zero-order chi connectivity index (χ0) is 27.9. The van der Waals surface area contributed by atoms with Crippen molar-refractivity contribution in [2.75, 3.05) is 38.0 Å². The number of nitrogens with zero attached hydrogens (tertiary/aromatic N) is 3. The maximum atomic E-state index is 13.2. The van der Waals surface area contributed by atoms with Gasteiger partial charge in [0.1, 0.15) is 11.8 Å². The van der Waals surface area contributed by atoms with E-state index in [1.807, 2.05) is 13.8 Å². The van der Waals surface area contributed by atoms with Gasteiger partial charge in [-0.15, -0.1) is 13.2 Å². The molecule has 0 unspecified atom stereocenters. The maximum absolute atomic E-state index is 13.2. The molecule has 2 N–H and O–H groups in total. The number of nitrogens with one attached hydrogen (secondary N) is 1. The number of amides is 4. The fraction of sp³-hybridized carbons (Fsp3) is 0.654. The molecule has 2 atom stereocenters. The third kappa shape index (κ3) is 6.16. The molecule has 4 rings (SSSR count). The standard InChI is InChI=1S/C26H35F3N4O5/c1-17-21(35)31(12-10-24(2,3)22(36)32-13-11-25(8-9-25)20(34)16-32)14-15-33(17)23(37)30-18-4-6-19(7-5-18)38-26(27,28)29/h4-7,17,20,34H,8-16H2,1-3H3,(H,30,37)/t17-,20+/m0/s1. The van der Waals surface area contributed by atoms with E-state index < -0.39 is 35.7 Å². The molecule has 12 heteroatoms. The molecule has 1 aromatic rings. The molecule has 0 bridgehead atoms. The minimum Gasteiger partial charge on any atom is -0.406 e. The van der Waals surface area contributed by atoms with Crippen molar-refractivity contribution in [2.45, 2.75) is 65.0 Å². The smallest absolute Gasteiger partial charge is 0.406 e. The van der Waals surface area contributed by atoms with E-state index in [2.05, 4.69) is 10.1 Å². The lowest BCUT2D eigenvalue weighted by atomic mass is 9.84. The zero-order valence-electron chi connectivity index (χ0n) is 21.9. The van der Waals surface area contributed by atoms with E-state index in [1.54, 1.807) is 16.7 Å². The summed E-state index contributed by atoms with van der Waals surface area (Å²) in [5.41, 5.74) is -0.434. The second-order valence-electron chi connectivity index (χ2n) is 11.2. The third-order valence-electron chi connectivity index (χ3n) is 8.09. The van der Waals surface area contributed by atoms with E-state index in [0.29, 0.717) is 32.6 Å². The Morgan fingerprint density at radius 3 is 2.34 bits per heavy atom. The van der Waals surface area contributed by atoms with Crippen LogP contribution in [0.3, 0.4) is 0 Å². The molecule has 1 aliphatic carbocycles. The lowest BCUT2D eigenvalue weighted by Gasteiger charge is -2.42. The Morgan fingerprint density at radius 1 is 1.11 bits per heavy atom. The number of piperazine rings is 1. The molecule has 2 heterocycles. The monoisotopic (exact) mass is 540 g/mol. The van der Waals surface area contributed by atoms with Gasteiger partial charge in [-0.25, -0.2) is 4.79 Å². The number of halogens is 3. The van der Waals surface area contributed by atoms with Crippen LogP contribution in [0, 0.1) is 10.8 Å². The van der Waals surface area contributed by atoms with E-state index in [0.717, 1.165) is 31.4 Å². The Hall–Kier alpha value is -3.02. The van der Waals surface area contributed by atoms with Crippen molar-refractivity contribution in [3.63, 3.8) is 0 Å². The van der Waals surface area contributed by atoms with Crippen LogP contribution in [-0.2, 0) is 9.59 Å². The normalized spacial score (nSPS) is 23.4. The molecular formula is C26H35F3N4O5. The molecule has 1 saturated carbocycles. The van der Waals surface area contributed by atoms with Gasteiger partial charge in [-0.2, -0.15) is 0 Å². The minimum atomic E-state index is -4.81. The molecule has 0 aromatic heterocycles. The second-order valence-corrected chi connectivity index (χ2v) is 11.2. The van der Waals surface area contributed by atoms with Gasteiger partial charge in [0, 0.05) is 43.8 Å². The summed E-state index contributed by atoms with van der Waals surface area (Å²) >= 11 is 0. The number of alkyl halides is 3. The Bertz CT molecular complexity index is 1060. The van der Waals surface area contributed by atoms with Gasteiger partial charge in [0.25, 0.3) is 0 Å². The van der Waals surface area contributed by atoms with Crippen molar-refractivity contribution in [1.82, 2.24) is 14.7 Å². The predicted octanol–water partition coefficient (Wildman–Crippen LogP) is 3.44. The van der Waals surface area contributed by atoms with Gasteiger partial charge < -0.3 is 29.9 Å². The zero-order valence-corrected chi connectivity index (χ0v) is 21.9. The lowest BCUT2D eigenvalue weighted by molar-refractivity contribution is -0.274. The Labute approximate surface area is 219 Å². The fourth-order valence-electron chi connectivity index (χ4n) is 5.26. The molecule has 3 fully saturated rings. The van der Waals surface area contributed by atoms with Crippen molar-refractivity contribution in [3.05, 3.63) is 24.3 Å². The number of likely N-dealkylation sites (tertiary alicyclic amines) is 1. The number of carbonyl (C=O) groups excluding carboxylic acids is 3. The Balaban J connectivity index is 1.27. The number of piperidine rings is 1. The molecule has 2 saturated heterocycles. The quantitative estimate of drug-likeness (QED) is 0.576. The van der Waals surface area contributed by atoms with Crippen LogP contribution in [0.15, 0.2) is 24.3 Å². The molecule has 2 aliphatic heterocycles. The van der Waals surface area contributed by atoms with E-state index >= 15 is 0 Å². The predicted molar refractivity (Wildman–Crippen MR) is 132 cm³/mol. The molecule has 0 radical (unpaired) electrons. The highest BCUT2D eigenvalue weighted by Crippen LogP contribution is 2.54. The van der Waals surface area contributed by atoms with Crippen LogP contribution in [0.4, 0.5) is 23.7 Å². The van der Waals surface area contributed by atoms with Gasteiger partial charge in [0.15, 0.2) is 0 Å². The Kier molecular flexibility index (Phi) is 7.57. The first-order chi connectivity index (χ1) is 17.7. The third-order valence-corrected chi connectivity index (χ3v) is 8.09. The summed E-state index contributed by atoms with van der Waals surface area (Å²) in [5, 5.41) is 13.1. The van der Waals surface area contributed by atoms with Crippen LogP contribution in [-0.4, -0.2) is 88.9 Å². The van der Waals surface area contributed by atoms with Crippen molar-refractivity contribution in [3.8, 4) is 5.75 Å². The van der Waals surface area contributed by atoms with E-state index in [-0.39, 0.29) is 29.5 Å². The topological polar surface area (TPSA) is 102 Å². The number of rotatable bonds is 6. The molecular weight excluding hydrogens is 505 g/mol. The van der Waals surface area contributed by atoms with Crippen LogP contribution >= 0.6 is 0 Å². The summed E-state index contributed by atoms with van der Waals surface area (Å²) in [5.74, 6) is -0.679. The number of β-amino-alcohol motifs (C(OH)–C–C–N with tert-alkyl or cyclic N) is 1. The van der Waals surface area contributed by atoms with Crippen molar-refractivity contribution in [1.29, 1.82) is 0 Å². The van der Waals surface area contributed by atoms with E-state index in [1.165, 1.54) is 17.0 Å². The molecule has 9 nitrogen and oxygen atoms in total. The number of hydrogen-bond acceptors (Lipinski definition) is 5. The average molecular weight is 541 g/mol. The number of aliphatic hydroxyl groups is 1. The van der Waals surface area contributed by atoms with Crippen LogP contribution in [0.25, 0.3) is 0 Å². The van der Waals surface area contributed by atoms with Gasteiger partial charge in [-0.3, -0.25) is 9.59 Å². The first-order valence-electron chi connectivity index (χ1n) is 12.9. The SMILES string of the molecule is C[C@H]1C(=O)N(CCC(C)(C)C(=O)N2CCC3(CC3)[C@H](O)C2)CCN1C(=O)Nc1ccc(OC(F)(F)F)cc1.